The predicted octanol–water partition coefficient (Wildman–Crippen LogP) is 2.89. The molecule has 0 spiro atoms. The second-order valence-electron chi connectivity index (χ2n) is 6.59. The molecule has 0 saturated heterocycles. The number of rotatable bonds is 11. The number of H-pyrrole nitrogens is 1. The van der Waals surface area contributed by atoms with Gasteiger partial charge in [-0.1, -0.05) is 11.6 Å². The van der Waals surface area contributed by atoms with Crippen LogP contribution in [0, 0.1) is 0 Å². The minimum Gasteiger partial charge on any atom is -0.385 e. The number of halogens is 1. The van der Waals surface area contributed by atoms with Crippen molar-refractivity contribution in [3.8, 4) is 0 Å². The van der Waals surface area contributed by atoms with Crippen LogP contribution in [-0.4, -0.2) is 69.3 Å². The number of hydrogen-bond donors (Lipinski definition) is 3. The lowest BCUT2D eigenvalue weighted by molar-refractivity contribution is 0.180. The summed E-state index contributed by atoms with van der Waals surface area (Å²) in [5.74, 6) is 0.862. The van der Waals surface area contributed by atoms with Crippen molar-refractivity contribution in [3.63, 3.8) is 0 Å². The summed E-state index contributed by atoms with van der Waals surface area (Å²) in [6, 6.07) is 5.94. The molecule has 2 aromatic rings. The first kappa shape index (κ1) is 21.5. The van der Waals surface area contributed by atoms with Crippen LogP contribution < -0.4 is 10.6 Å². The average Bonchev–Trinajstić information content (AvgIpc) is 3.04. The van der Waals surface area contributed by atoms with Crippen LogP contribution in [-0.2, 0) is 11.2 Å². The zero-order valence-corrected chi connectivity index (χ0v) is 17.4. The van der Waals surface area contributed by atoms with E-state index < -0.39 is 0 Å². The van der Waals surface area contributed by atoms with E-state index >= 15 is 0 Å². The molecule has 6 nitrogen and oxygen atoms in total. The minimum absolute atomic E-state index is 0.765. The highest BCUT2D eigenvalue weighted by Gasteiger charge is 2.05. The quantitative estimate of drug-likeness (QED) is 0.312. The van der Waals surface area contributed by atoms with E-state index in [1.165, 1.54) is 10.9 Å². The molecule has 0 saturated carbocycles. The van der Waals surface area contributed by atoms with E-state index in [1.807, 2.05) is 18.2 Å². The average molecular weight is 394 g/mol. The number of hydrogen-bond acceptors (Lipinski definition) is 3. The van der Waals surface area contributed by atoms with Gasteiger partial charge in [0.15, 0.2) is 5.96 Å². The van der Waals surface area contributed by atoms with Crippen LogP contribution in [0.5, 0.6) is 0 Å². The SMILES string of the molecule is CCNC(=NCCN(C)CCCOC)NCCc1c[nH]c2ccc(Cl)cc12. The number of fused-ring (bicyclic) bond motifs is 1. The van der Waals surface area contributed by atoms with Gasteiger partial charge in [0, 0.05) is 62.0 Å². The van der Waals surface area contributed by atoms with E-state index in [0.29, 0.717) is 0 Å². The maximum atomic E-state index is 6.13. The maximum Gasteiger partial charge on any atom is 0.191 e. The fourth-order valence-electron chi connectivity index (χ4n) is 2.94. The van der Waals surface area contributed by atoms with E-state index in [0.717, 1.165) is 68.7 Å². The van der Waals surface area contributed by atoms with Gasteiger partial charge in [-0.15, -0.1) is 0 Å². The molecule has 0 fully saturated rings. The Bertz CT molecular complexity index is 715. The van der Waals surface area contributed by atoms with Crippen molar-refractivity contribution in [3.05, 3.63) is 35.0 Å². The van der Waals surface area contributed by atoms with Crippen molar-refractivity contribution < 1.29 is 4.74 Å². The first-order valence-electron chi connectivity index (χ1n) is 9.59. The summed E-state index contributed by atoms with van der Waals surface area (Å²) >= 11 is 6.13. The third-order valence-corrected chi connectivity index (χ3v) is 4.64. The first-order valence-corrected chi connectivity index (χ1v) is 9.97. The van der Waals surface area contributed by atoms with Gasteiger partial charge in [0.1, 0.15) is 0 Å². The fourth-order valence-corrected chi connectivity index (χ4v) is 3.11. The smallest absolute Gasteiger partial charge is 0.191 e. The molecular formula is C20H32ClN5O. The Morgan fingerprint density at radius 2 is 2.15 bits per heavy atom. The van der Waals surface area contributed by atoms with Crippen LogP contribution >= 0.6 is 11.6 Å². The molecule has 0 aliphatic carbocycles. The second-order valence-corrected chi connectivity index (χ2v) is 7.03. The molecule has 1 aromatic heterocycles. The van der Waals surface area contributed by atoms with E-state index in [2.05, 4.69) is 45.7 Å². The third kappa shape index (κ3) is 7.40. The Labute approximate surface area is 167 Å². The molecule has 0 amide bonds. The number of nitrogens with zero attached hydrogens (tertiary/aromatic N) is 2. The van der Waals surface area contributed by atoms with Crippen LogP contribution in [0.4, 0.5) is 0 Å². The lowest BCUT2D eigenvalue weighted by Crippen LogP contribution is -2.39. The number of benzene rings is 1. The van der Waals surface area contributed by atoms with Crippen LogP contribution in [0.2, 0.25) is 5.02 Å². The Morgan fingerprint density at radius 1 is 1.30 bits per heavy atom. The fraction of sp³-hybridized carbons (Fsp3) is 0.550. The van der Waals surface area contributed by atoms with Crippen molar-refractivity contribution >= 4 is 28.5 Å². The van der Waals surface area contributed by atoms with Gasteiger partial charge in [0.25, 0.3) is 0 Å². The molecule has 150 valence electrons. The van der Waals surface area contributed by atoms with Gasteiger partial charge >= 0.3 is 0 Å². The zero-order chi connectivity index (χ0) is 19.5. The summed E-state index contributed by atoms with van der Waals surface area (Å²) in [5, 5.41) is 8.67. The maximum absolute atomic E-state index is 6.13. The molecule has 0 radical (unpaired) electrons. The highest BCUT2D eigenvalue weighted by molar-refractivity contribution is 6.31. The second kappa shape index (κ2) is 11.8. The van der Waals surface area contributed by atoms with E-state index in [9.17, 15) is 0 Å². The predicted molar refractivity (Wildman–Crippen MR) is 115 cm³/mol. The van der Waals surface area contributed by atoms with Gasteiger partial charge in [0.05, 0.1) is 6.54 Å². The molecule has 2 rings (SSSR count). The Kier molecular flexibility index (Phi) is 9.45. The molecule has 1 heterocycles. The molecule has 0 aliphatic heterocycles. The number of aromatic nitrogens is 1. The van der Waals surface area contributed by atoms with E-state index in [-0.39, 0.29) is 0 Å². The molecule has 0 aliphatic rings. The highest BCUT2D eigenvalue weighted by Crippen LogP contribution is 2.22. The molecule has 0 atom stereocenters. The normalized spacial score (nSPS) is 12.1. The summed E-state index contributed by atoms with van der Waals surface area (Å²) in [6.45, 7) is 7.26. The number of aliphatic imine (C=N–C) groups is 1. The van der Waals surface area contributed by atoms with Gasteiger partial charge < -0.3 is 25.3 Å². The molecular weight excluding hydrogens is 362 g/mol. The number of guanidine groups is 1. The highest BCUT2D eigenvalue weighted by atomic mass is 35.5. The van der Waals surface area contributed by atoms with Gasteiger partial charge in [-0.2, -0.15) is 0 Å². The summed E-state index contributed by atoms with van der Waals surface area (Å²) in [5.41, 5.74) is 2.38. The number of likely N-dealkylation sites (N-methyl/N-ethyl adjacent to an activating group) is 1. The first-order chi connectivity index (χ1) is 13.1. The van der Waals surface area contributed by atoms with Crippen molar-refractivity contribution in [2.45, 2.75) is 19.8 Å². The Balaban J connectivity index is 1.80. The lowest BCUT2D eigenvalue weighted by atomic mass is 10.1. The molecule has 0 unspecified atom stereocenters. The van der Waals surface area contributed by atoms with Crippen molar-refractivity contribution in [2.24, 2.45) is 4.99 Å². The lowest BCUT2D eigenvalue weighted by Gasteiger charge is -2.16. The number of aromatic amines is 1. The van der Waals surface area contributed by atoms with Gasteiger partial charge in [-0.25, -0.2) is 0 Å². The van der Waals surface area contributed by atoms with Crippen molar-refractivity contribution in [2.75, 3.05) is 53.5 Å². The monoisotopic (exact) mass is 393 g/mol. The third-order valence-electron chi connectivity index (χ3n) is 4.40. The Hall–Kier alpha value is -1.76. The summed E-state index contributed by atoms with van der Waals surface area (Å²) < 4.78 is 5.09. The number of ether oxygens (including phenoxy) is 1. The van der Waals surface area contributed by atoms with Crippen LogP contribution in [0.1, 0.15) is 18.9 Å². The van der Waals surface area contributed by atoms with Crippen molar-refractivity contribution in [1.29, 1.82) is 0 Å². The molecule has 3 N–H and O–H groups in total. The molecule has 7 heteroatoms. The largest absolute Gasteiger partial charge is 0.385 e. The molecule has 0 bridgehead atoms. The van der Waals surface area contributed by atoms with Gasteiger partial charge in [0.2, 0.25) is 0 Å². The summed E-state index contributed by atoms with van der Waals surface area (Å²) in [7, 11) is 3.86. The number of nitrogens with one attached hydrogen (secondary N) is 3. The molecule has 27 heavy (non-hydrogen) atoms. The minimum atomic E-state index is 0.765. The van der Waals surface area contributed by atoms with Crippen LogP contribution in [0.25, 0.3) is 10.9 Å². The Morgan fingerprint density at radius 3 is 2.93 bits per heavy atom. The van der Waals surface area contributed by atoms with Crippen molar-refractivity contribution in [1.82, 2.24) is 20.5 Å². The zero-order valence-electron chi connectivity index (χ0n) is 16.6. The van der Waals surface area contributed by atoms with Crippen LogP contribution in [0.15, 0.2) is 29.4 Å². The molecule has 1 aromatic carbocycles. The van der Waals surface area contributed by atoms with Gasteiger partial charge in [-0.05, 0) is 50.6 Å². The standard InChI is InChI=1S/C20H32ClN5O/c1-4-22-20(24-10-12-26(2)11-5-13-27-3)23-9-8-16-15-25-19-7-6-17(21)14-18(16)19/h6-7,14-15,25H,4-5,8-13H2,1-3H3,(H2,22,23,24). The summed E-state index contributed by atoms with van der Waals surface area (Å²) in [6.07, 6.45) is 4.01. The number of methoxy groups -OCH3 is 1. The van der Waals surface area contributed by atoms with E-state index in [4.69, 9.17) is 16.3 Å². The topological polar surface area (TPSA) is 64.7 Å². The van der Waals surface area contributed by atoms with E-state index in [1.54, 1.807) is 7.11 Å². The van der Waals surface area contributed by atoms with Crippen LogP contribution in [0.3, 0.4) is 0 Å². The van der Waals surface area contributed by atoms with Gasteiger partial charge in [-0.3, -0.25) is 4.99 Å². The summed E-state index contributed by atoms with van der Waals surface area (Å²) in [4.78, 5) is 10.2.